The average molecular weight is 333 g/mol. The zero-order chi connectivity index (χ0) is 14.1. The fraction of sp³-hybridized carbons (Fsp3) is 0.471. The van der Waals surface area contributed by atoms with Gasteiger partial charge in [-0.15, -0.1) is 0 Å². The Labute approximate surface area is 129 Å². The standard InChI is InChI=1S/C17H21BrN2/c1-12-11-13-7-3-5-9-15(13)19-17(12)20(2)16-10-6-4-8-14(16)18/h3,5,7,9,11,14,16H,4,6,8,10H2,1-2H3. The summed E-state index contributed by atoms with van der Waals surface area (Å²) in [4.78, 5) is 7.84. The first-order valence-electron chi connectivity index (χ1n) is 7.40. The Morgan fingerprint density at radius 2 is 1.95 bits per heavy atom. The molecule has 3 heteroatoms. The number of pyridine rings is 1. The summed E-state index contributed by atoms with van der Waals surface area (Å²) in [6, 6.07) is 11.2. The van der Waals surface area contributed by atoms with E-state index in [1.165, 1.54) is 36.6 Å². The number of aryl methyl sites for hydroxylation is 1. The first kappa shape index (κ1) is 13.9. The van der Waals surface area contributed by atoms with Crippen molar-refractivity contribution in [2.45, 2.75) is 43.5 Å². The number of benzene rings is 1. The van der Waals surface area contributed by atoms with Crippen LogP contribution in [0.25, 0.3) is 10.9 Å². The largest absolute Gasteiger partial charge is 0.355 e. The van der Waals surface area contributed by atoms with E-state index in [1.54, 1.807) is 0 Å². The third kappa shape index (κ3) is 2.56. The number of para-hydroxylation sites is 1. The van der Waals surface area contributed by atoms with Crippen molar-refractivity contribution in [1.29, 1.82) is 0 Å². The van der Waals surface area contributed by atoms with Gasteiger partial charge in [-0.2, -0.15) is 0 Å². The smallest absolute Gasteiger partial charge is 0.132 e. The summed E-state index contributed by atoms with van der Waals surface area (Å²) in [5, 5.41) is 1.22. The molecule has 0 N–H and O–H groups in total. The Kier molecular flexibility index (Phi) is 3.97. The minimum atomic E-state index is 0.552. The first-order valence-corrected chi connectivity index (χ1v) is 8.31. The molecule has 0 amide bonds. The second kappa shape index (κ2) is 5.72. The highest BCUT2D eigenvalue weighted by atomic mass is 79.9. The molecular formula is C17H21BrN2. The van der Waals surface area contributed by atoms with Crippen molar-refractivity contribution in [2.24, 2.45) is 0 Å². The molecule has 2 nitrogen and oxygen atoms in total. The fourth-order valence-electron chi connectivity index (χ4n) is 3.23. The molecule has 1 aromatic heterocycles. The van der Waals surface area contributed by atoms with Crippen molar-refractivity contribution in [3.63, 3.8) is 0 Å². The Morgan fingerprint density at radius 3 is 2.75 bits per heavy atom. The molecule has 0 spiro atoms. The van der Waals surface area contributed by atoms with Crippen molar-refractivity contribution in [3.8, 4) is 0 Å². The molecule has 1 aromatic carbocycles. The minimum absolute atomic E-state index is 0.552. The number of nitrogens with zero attached hydrogens (tertiary/aromatic N) is 2. The SMILES string of the molecule is Cc1cc2ccccc2nc1N(C)C1CCCCC1Br. The molecule has 1 heterocycles. The van der Waals surface area contributed by atoms with Gasteiger partial charge in [0.05, 0.1) is 5.52 Å². The zero-order valence-corrected chi connectivity index (χ0v) is 13.7. The van der Waals surface area contributed by atoms with Crippen molar-refractivity contribution in [3.05, 3.63) is 35.9 Å². The van der Waals surface area contributed by atoms with Gasteiger partial charge in [0.15, 0.2) is 0 Å². The molecule has 1 aliphatic rings. The number of aromatic nitrogens is 1. The number of alkyl halides is 1. The highest BCUT2D eigenvalue weighted by Gasteiger charge is 2.27. The third-order valence-electron chi connectivity index (χ3n) is 4.37. The highest BCUT2D eigenvalue weighted by molar-refractivity contribution is 9.09. The quantitative estimate of drug-likeness (QED) is 0.742. The summed E-state index contributed by atoms with van der Waals surface area (Å²) in [5.41, 5.74) is 2.35. The van der Waals surface area contributed by atoms with E-state index in [2.05, 4.69) is 65.1 Å². The predicted octanol–water partition coefficient (Wildman–Crippen LogP) is 4.69. The second-order valence-corrected chi connectivity index (χ2v) is 6.98. The van der Waals surface area contributed by atoms with Crippen LogP contribution in [0, 0.1) is 6.92 Å². The number of anilines is 1. The lowest BCUT2D eigenvalue weighted by Gasteiger charge is -2.36. The van der Waals surface area contributed by atoms with E-state index < -0.39 is 0 Å². The zero-order valence-electron chi connectivity index (χ0n) is 12.1. The third-order valence-corrected chi connectivity index (χ3v) is 5.43. The number of rotatable bonds is 2. The van der Waals surface area contributed by atoms with Crippen LogP contribution in [0.3, 0.4) is 0 Å². The Morgan fingerprint density at radius 1 is 1.20 bits per heavy atom. The lowest BCUT2D eigenvalue weighted by Crippen LogP contribution is -2.41. The topological polar surface area (TPSA) is 16.1 Å². The van der Waals surface area contributed by atoms with Gasteiger partial charge in [0.25, 0.3) is 0 Å². The fourth-order valence-corrected chi connectivity index (χ4v) is 4.17. The van der Waals surface area contributed by atoms with Crippen LogP contribution in [0.1, 0.15) is 31.2 Å². The minimum Gasteiger partial charge on any atom is -0.355 e. The van der Waals surface area contributed by atoms with Crippen LogP contribution in [0.15, 0.2) is 30.3 Å². The highest BCUT2D eigenvalue weighted by Crippen LogP contribution is 2.32. The monoisotopic (exact) mass is 332 g/mol. The molecule has 1 fully saturated rings. The molecule has 0 radical (unpaired) electrons. The Balaban J connectivity index is 1.98. The molecule has 0 aliphatic heterocycles. The Hall–Kier alpha value is -1.09. The van der Waals surface area contributed by atoms with Crippen molar-refractivity contribution < 1.29 is 0 Å². The van der Waals surface area contributed by atoms with E-state index in [4.69, 9.17) is 4.98 Å². The van der Waals surface area contributed by atoms with Crippen LogP contribution >= 0.6 is 15.9 Å². The van der Waals surface area contributed by atoms with Crippen LogP contribution < -0.4 is 4.90 Å². The van der Waals surface area contributed by atoms with Gasteiger partial charge in [0.1, 0.15) is 5.82 Å². The van der Waals surface area contributed by atoms with Gasteiger partial charge in [-0.25, -0.2) is 4.98 Å². The number of halogens is 1. The summed E-state index contributed by atoms with van der Waals surface area (Å²) >= 11 is 3.86. The number of hydrogen-bond acceptors (Lipinski definition) is 2. The maximum absolute atomic E-state index is 4.89. The molecule has 2 aromatic rings. The van der Waals surface area contributed by atoms with E-state index in [-0.39, 0.29) is 0 Å². The predicted molar refractivity (Wildman–Crippen MR) is 89.9 cm³/mol. The van der Waals surface area contributed by atoms with Crippen LogP contribution in [0.2, 0.25) is 0 Å². The van der Waals surface area contributed by atoms with Gasteiger partial charge in [0, 0.05) is 23.3 Å². The average Bonchev–Trinajstić information content (AvgIpc) is 2.46. The molecule has 2 atom stereocenters. The summed E-state index contributed by atoms with van der Waals surface area (Å²) < 4.78 is 0. The first-order chi connectivity index (χ1) is 9.66. The van der Waals surface area contributed by atoms with E-state index >= 15 is 0 Å². The summed E-state index contributed by atoms with van der Waals surface area (Å²) in [7, 11) is 2.19. The van der Waals surface area contributed by atoms with Crippen LogP contribution in [-0.2, 0) is 0 Å². The van der Waals surface area contributed by atoms with Crippen molar-refractivity contribution in [1.82, 2.24) is 4.98 Å². The molecule has 3 rings (SSSR count). The summed E-state index contributed by atoms with van der Waals surface area (Å²) in [6.45, 7) is 2.16. The normalized spacial score (nSPS) is 22.9. The molecule has 0 bridgehead atoms. The molecule has 20 heavy (non-hydrogen) atoms. The number of hydrogen-bond donors (Lipinski definition) is 0. The summed E-state index contributed by atoms with van der Waals surface area (Å²) in [5.74, 6) is 1.13. The van der Waals surface area contributed by atoms with E-state index in [0.717, 1.165) is 11.3 Å². The summed E-state index contributed by atoms with van der Waals surface area (Å²) in [6.07, 6.45) is 5.18. The van der Waals surface area contributed by atoms with Crippen molar-refractivity contribution >= 4 is 32.7 Å². The van der Waals surface area contributed by atoms with Gasteiger partial charge in [0.2, 0.25) is 0 Å². The molecule has 106 valence electrons. The lowest BCUT2D eigenvalue weighted by atomic mass is 9.94. The lowest BCUT2D eigenvalue weighted by molar-refractivity contribution is 0.442. The molecule has 1 aliphatic carbocycles. The molecule has 0 saturated heterocycles. The maximum Gasteiger partial charge on any atom is 0.132 e. The maximum atomic E-state index is 4.89. The van der Waals surface area contributed by atoms with Gasteiger partial charge in [-0.05, 0) is 37.5 Å². The van der Waals surface area contributed by atoms with Crippen molar-refractivity contribution in [2.75, 3.05) is 11.9 Å². The van der Waals surface area contributed by atoms with Crippen LogP contribution in [-0.4, -0.2) is 22.9 Å². The van der Waals surface area contributed by atoms with E-state index in [0.29, 0.717) is 10.9 Å². The van der Waals surface area contributed by atoms with E-state index in [1.807, 2.05) is 0 Å². The van der Waals surface area contributed by atoms with Gasteiger partial charge >= 0.3 is 0 Å². The van der Waals surface area contributed by atoms with E-state index in [9.17, 15) is 0 Å². The molecule has 1 saturated carbocycles. The van der Waals surface area contributed by atoms with Crippen LogP contribution in [0.5, 0.6) is 0 Å². The van der Waals surface area contributed by atoms with Gasteiger partial charge in [-0.3, -0.25) is 0 Å². The molecular weight excluding hydrogens is 312 g/mol. The molecule has 2 unspecified atom stereocenters. The van der Waals surface area contributed by atoms with Gasteiger partial charge in [-0.1, -0.05) is 47.0 Å². The van der Waals surface area contributed by atoms with Crippen LogP contribution in [0.4, 0.5) is 5.82 Å². The second-order valence-electron chi connectivity index (χ2n) is 5.80. The number of fused-ring (bicyclic) bond motifs is 1. The van der Waals surface area contributed by atoms with Gasteiger partial charge < -0.3 is 4.90 Å². The Bertz CT molecular complexity index is 611.